The summed E-state index contributed by atoms with van der Waals surface area (Å²) in [7, 11) is 0. The number of hydrogen-bond donors (Lipinski definition) is 0. The van der Waals surface area contributed by atoms with Crippen molar-refractivity contribution in [3.05, 3.63) is 74.7 Å². The molecule has 1 heterocycles. The van der Waals surface area contributed by atoms with Crippen molar-refractivity contribution in [3.63, 3.8) is 0 Å². The molecule has 0 aliphatic carbocycles. The van der Waals surface area contributed by atoms with Gasteiger partial charge in [0.05, 0.1) is 0 Å². The van der Waals surface area contributed by atoms with Gasteiger partial charge in [0.15, 0.2) is 0 Å². The molecule has 0 radical (unpaired) electrons. The average Bonchev–Trinajstić information content (AvgIpc) is 2.98. The fourth-order valence-corrected chi connectivity index (χ4v) is 4.06. The summed E-state index contributed by atoms with van der Waals surface area (Å²) in [5.74, 6) is -0.422. The van der Waals surface area contributed by atoms with Gasteiger partial charge in [-0.1, -0.05) is 0 Å². The summed E-state index contributed by atoms with van der Waals surface area (Å²) in [6.45, 7) is 3.39. The second-order valence-electron chi connectivity index (χ2n) is 5.26. The molecular formula is C18H15N3O2Se. The van der Waals surface area contributed by atoms with Gasteiger partial charge in [0.2, 0.25) is 0 Å². The summed E-state index contributed by atoms with van der Waals surface area (Å²) in [5, 5.41) is 4.44. The van der Waals surface area contributed by atoms with Crippen LogP contribution >= 0.6 is 0 Å². The van der Waals surface area contributed by atoms with Crippen LogP contribution in [-0.2, 0) is 4.79 Å². The number of carbonyl (C=O) groups excluding carboxylic acids is 2. The molecule has 1 aromatic heterocycles. The van der Waals surface area contributed by atoms with E-state index in [0.29, 0.717) is 14.5 Å². The second kappa shape index (κ2) is 6.91. The third-order valence-electron chi connectivity index (χ3n) is 3.32. The second-order valence-corrected chi connectivity index (χ2v) is 7.27. The molecule has 0 spiro atoms. The van der Waals surface area contributed by atoms with Crippen LogP contribution in [0.1, 0.15) is 27.4 Å². The normalized spacial score (nSPS) is 11.5. The van der Waals surface area contributed by atoms with Gasteiger partial charge in [-0.15, -0.1) is 0 Å². The first-order valence-electron chi connectivity index (χ1n) is 7.37. The van der Waals surface area contributed by atoms with E-state index in [1.165, 1.54) is 6.92 Å². The molecule has 0 saturated carbocycles. The molecule has 0 N–H and O–H groups in total. The standard InChI is InChI=1S/C18H15N3O2Se/c1-12-8-10-15(11-9-12)21-18(19-13(2)22)24-17(20-21)16(23)14-6-4-3-5-7-14/h3-11H,1-2H3. The predicted molar refractivity (Wildman–Crippen MR) is 91.4 cm³/mol. The minimum absolute atomic E-state index is 0.124. The SMILES string of the molecule is CC(=O)N=c1[se]c(C(=O)c2ccccc2)nn1-c1ccc(C)cc1. The third-order valence-corrected chi connectivity index (χ3v) is 5.23. The number of carbonyl (C=O) groups is 2. The first-order chi connectivity index (χ1) is 11.5. The summed E-state index contributed by atoms with van der Waals surface area (Å²) >= 11 is -0.413. The molecule has 2 aromatic carbocycles. The Morgan fingerprint density at radius 3 is 2.33 bits per heavy atom. The zero-order chi connectivity index (χ0) is 17.1. The maximum absolute atomic E-state index is 12.6. The van der Waals surface area contributed by atoms with Crippen LogP contribution in [0.4, 0.5) is 0 Å². The molecular weight excluding hydrogens is 369 g/mol. The van der Waals surface area contributed by atoms with E-state index in [1.54, 1.807) is 16.8 Å². The number of rotatable bonds is 3. The van der Waals surface area contributed by atoms with E-state index in [0.717, 1.165) is 11.3 Å². The molecule has 0 saturated heterocycles. The van der Waals surface area contributed by atoms with Crippen molar-refractivity contribution in [1.82, 2.24) is 9.78 Å². The molecule has 0 bridgehead atoms. The van der Waals surface area contributed by atoms with Crippen molar-refractivity contribution in [1.29, 1.82) is 0 Å². The number of aryl methyl sites for hydroxylation is 1. The van der Waals surface area contributed by atoms with Gasteiger partial charge < -0.3 is 0 Å². The van der Waals surface area contributed by atoms with Crippen LogP contribution < -0.4 is 4.36 Å². The summed E-state index contributed by atoms with van der Waals surface area (Å²) in [4.78, 5) is 28.1. The van der Waals surface area contributed by atoms with Crippen molar-refractivity contribution in [2.24, 2.45) is 4.99 Å². The Morgan fingerprint density at radius 2 is 1.71 bits per heavy atom. The number of aromatic nitrogens is 2. The van der Waals surface area contributed by atoms with E-state index < -0.39 is 14.5 Å². The van der Waals surface area contributed by atoms with E-state index in [-0.39, 0.29) is 11.7 Å². The van der Waals surface area contributed by atoms with Crippen molar-refractivity contribution < 1.29 is 9.59 Å². The summed E-state index contributed by atoms with van der Waals surface area (Å²) in [5.41, 5.74) is 2.50. The Hall–Kier alpha value is -2.56. The van der Waals surface area contributed by atoms with Crippen LogP contribution in [0.25, 0.3) is 5.69 Å². The number of ketones is 1. The van der Waals surface area contributed by atoms with Gasteiger partial charge in [-0.3, -0.25) is 0 Å². The van der Waals surface area contributed by atoms with Gasteiger partial charge in [-0.25, -0.2) is 0 Å². The first-order valence-corrected chi connectivity index (χ1v) is 9.08. The van der Waals surface area contributed by atoms with Crippen LogP contribution in [0.3, 0.4) is 0 Å². The molecule has 3 aromatic rings. The molecule has 3 rings (SSSR count). The van der Waals surface area contributed by atoms with Gasteiger partial charge in [0.25, 0.3) is 0 Å². The number of hydrogen-bond acceptors (Lipinski definition) is 3. The molecule has 0 fully saturated rings. The fourth-order valence-electron chi connectivity index (χ4n) is 2.15. The van der Waals surface area contributed by atoms with Crippen LogP contribution in [0, 0.1) is 6.92 Å². The molecule has 0 atom stereocenters. The van der Waals surface area contributed by atoms with E-state index >= 15 is 0 Å². The van der Waals surface area contributed by atoms with Crippen LogP contribution in [0.15, 0.2) is 59.6 Å². The van der Waals surface area contributed by atoms with E-state index in [9.17, 15) is 9.59 Å². The van der Waals surface area contributed by atoms with Gasteiger partial charge in [0.1, 0.15) is 0 Å². The zero-order valence-corrected chi connectivity index (χ0v) is 15.0. The van der Waals surface area contributed by atoms with Crippen molar-refractivity contribution in [3.8, 4) is 5.69 Å². The van der Waals surface area contributed by atoms with Crippen LogP contribution in [-0.4, -0.2) is 36.0 Å². The van der Waals surface area contributed by atoms with Crippen molar-refractivity contribution in [2.75, 3.05) is 0 Å². The molecule has 0 aliphatic heterocycles. The Labute approximate surface area is 145 Å². The molecule has 0 unspecified atom stereocenters. The number of benzene rings is 2. The monoisotopic (exact) mass is 385 g/mol. The molecule has 6 heteroatoms. The van der Waals surface area contributed by atoms with Crippen LogP contribution in [0.2, 0.25) is 0 Å². The summed E-state index contributed by atoms with van der Waals surface area (Å²) in [6.07, 6.45) is 0. The molecule has 1 amide bonds. The Bertz CT molecular complexity index is 954. The van der Waals surface area contributed by atoms with Gasteiger partial charge in [-0.05, 0) is 0 Å². The molecule has 5 nitrogen and oxygen atoms in total. The van der Waals surface area contributed by atoms with E-state index in [2.05, 4.69) is 10.1 Å². The topological polar surface area (TPSA) is 64.3 Å². The van der Waals surface area contributed by atoms with Gasteiger partial charge >= 0.3 is 145 Å². The van der Waals surface area contributed by atoms with Gasteiger partial charge in [0, 0.05) is 0 Å². The summed E-state index contributed by atoms with van der Waals surface area (Å²) in [6, 6.07) is 16.7. The first kappa shape index (κ1) is 16.3. The van der Waals surface area contributed by atoms with Gasteiger partial charge in [-0.2, -0.15) is 0 Å². The third kappa shape index (κ3) is 3.50. The zero-order valence-electron chi connectivity index (χ0n) is 13.3. The number of nitrogens with zero attached hydrogens (tertiary/aromatic N) is 3. The molecule has 120 valence electrons. The van der Waals surface area contributed by atoms with E-state index in [1.807, 2.05) is 49.4 Å². The maximum atomic E-state index is 12.6. The Morgan fingerprint density at radius 1 is 1.04 bits per heavy atom. The fraction of sp³-hybridized carbons (Fsp3) is 0.111. The van der Waals surface area contributed by atoms with Crippen LogP contribution in [0.5, 0.6) is 0 Å². The number of amides is 1. The molecule has 24 heavy (non-hydrogen) atoms. The van der Waals surface area contributed by atoms with E-state index in [4.69, 9.17) is 0 Å². The Balaban J connectivity index is 2.12. The van der Waals surface area contributed by atoms with Crippen molar-refractivity contribution in [2.45, 2.75) is 13.8 Å². The average molecular weight is 384 g/mol. The molecule has 0 aliphatic rings. The minimum atomic E-state index is -0.413. The Kier molecular flexibility index (Phi) is 4.69. The quantitative estimate of drug-likeness (QED) is 0.512. The summed E-state index contributed by atoms with van der Waals surface area (Å²) < 4.78 is 2.56. The van der Waals surface area contributed by atoms with Crippen molar-refractivity contribution >= 4 is 26.2 Å². The predicted octanol–water partition coefficient (Wildman–Crippen LogP) is 1.92.